The van der Waals surface area contributed by atoms with Crippen LogP contribution in [0.3, 0.4) is 0 Å². The van der Waals surface area contributed by atoms with E-state index in [1.54, 1.807) is 25.6 Å². The Morgan fingerprint density at radius 2 is 1.71 bits per heavy atom. The number of carbonyl (C=O) groups excluding carboxylic acids is 2. The van der Waals surface area contributed by atoms with Crippen LogP contribution in [-0.4, -0.2) is 45.4 Å². The Morgan fingerprint density at radius 3 is 2.29 bits per heavy atom. The van der Waals surface area contributed by atoms with Crippen molar-refractivity contribution in [3.05, 3.63) is 54.6 Å². The van der Waals surface area contributed by atoms with Crippen LogP contribution in [0.5, 0.6) is 0 Å². The Kier molecular flexibility index (Phi) is 5.79. The third-order valence-corrected chi connectivity index (χ3v) is 7.38. The van der Waals surface area contributed by atoms with Crippen molar-refractivity contribution in [3.8, 4) is 11.1 Å². The Labute approximate surface area is 185 Å². The van der Waals surface area contributed by atoms with Gasteiger partial charge in [0.15, 0.2) is 5.60 Å². The Balaban J connectivity index is 1.45. The topological polar surface area (TPSA) is 83.9 Å². The maximum atomic E-state index is 12.5. The summed E-state index contributed by atoms with van der Waals surface area (Å²) in [4.78, 5) is 38.7. The van der Waals surface area contributed by atoms with Crippen LogP contribution in [0.2, 0.25) is 0 Å². The molecule has 6 nitrogen and oxygen atoms in total. The summed E-state index contributed by atoms with van der Waals surface area (Å²) in [5.41, 5.74) is 1.05. The molecular weight excluding hydrogens is 414 g/mol. The summed E-state index contributed by atoms with van der Waals surface area (Å²) in [5, 5.41) is 9.78. The second-order valence-electron chi connectivity index (χ2n) is 8.54. The molecule has 1 aliphatic heterocycles. The first-order valence-corrected chi connectivity index (χ1v) is 11.2. The van der Waals surface area contributed by atoms with Gasteiger partial charge >= 0.3 is 12.1 Å². The quantitative estimate of drug-likeness (QED) is 0.703. The summed E-state index contributed by atoms with van der Waals surface area (Å²) in [5.74, 6) is -2.22. The first-order chi connectivity index (χ1) is 14.8. The summed E-state index contributed by atoms with van der Waals surface area (Å²) in [6, 6.07) is 18.2. The van der Waals surface area contributed by atoms with E-state index in [9.17, 15) is 19.5 Å². The molecule has 2 aliphatic rings. The number of hydrogen-bond donors (Lipinski definition) is 1. The number of hydrogen-bond acceptors (Lipinski definition) is 5. The van der Waals surface area contributed by atoms with E-state index in [4.69, 9.17) is 4.74 Å². The highest BCUT2D eigenvalue weighted by Crippen LogP contribution is 2.44. The maximum Gasteiger partial charge on any atom is 0.417 e. The Morgan fingerprint density at radius 1 is 1.06 bits per heavy atom. The van der Waals surface area contributed by atoms with E-state index in [-0.39, 0.29) is 17.7 Å². The van der Waals surface area contributed by atoms with E-state index in [1.165, 1.54) is 0 Å². The predicted molar refractivity (Wildman–Crippen MR) is 118 cm³/mol. The zero-order chi connectivity index (χ0) is 22.2. The number of rotatable bonds is 6. The summed E-state index contributed by atoms with van der Waals surface area (Å²) in [6.07, 6.45) is 0.674. The van der Waals surface area contributed by atoms with E-state index in [2.05, 4.69) is 12.1 Å². The minimum Gasteiger partial charge on any atom is -0.481 e. The number of benzene rings is 2. The number of carboxylic acid groups (broad SMARTS) is 1. The highest BCUT2D eigenvalue weighted by molar-refractivity contribution is 8.00. The van der Waals surface area contributed by atoms with Crippen molar-refractivity contribution in [2.24, 2.45) is 11.8 Å². The van der Waals surface area contributed by atoms with Gasteiger partial charge in [-0.3, -0.25) is 9.59 Å². The van der Waals surface area contributed by atoms with Gasteiger partial charge in [0.25, 0.3) is 5.91 Å². The van der Waals surface area contributed by atoms with E-state index in [0.717, 1.165) is 20.9 Å². The molecule has 1 aliphatic carbocycles. The lowest BCUT2D eigenvalue weighted by Crippen LogP contribution is -2.41. The molecule has 4 rings (SSSR count). The SMILES string of the molecule is CC1(C)OC(=O)N(CC2CCC(Sc3ccc(-c4ccccc4)cc3)C2C(=O)O)C1=O. The molecule has 3 atom stereocenters. The van der Waals surface area contributed by atoms with Crippen molar-refractivity contribution in [2.75, 3.05) is 6.54 Å². The number of imide groups is 1. The number of amides is 2. The van der Waals surface area contributed by atoms with Gasteiger partial charge in [0.1, 0.15) is 0 Å². The molecule has 0 bridgehead atoms. The van der Waals surface area contributed by atoms with Crippen LogP contribution in [0, 0.1) is 11.8 Å². The van der Waals surface area contributed by atoms with Crippen molar-refractivity contribution in [3.63, 3.8) is 0 Å². The second kappa shape index (κ2) is 8.38. The maximum absolute atomic E-state index is 12.5. The monoisotopic (exact) mass is 439 g/mol. The Hall–Kier alpha value is -2.80. The molecular formula is C24H25NO5S. The van der Waals surface area contributed by atoms with E-state index >= 15 is 0 Å². The molecule has 3 unspecified atom stereocenters. The normalized spacial score (nSPS) is 25.0. The molecule has 0 spiro atoms. The van der Waals surface area contributed by atoms with Crippen LogP contribution in [-0.2, 0) is 14.3 Å². The summed E-state index contributed by atoms with van der Waals surface area (Å²) in [6.45, 7) is 3.19. The van der Waals surface area contributed by atoms with Crippen molar-refractivity contribution in [1.82, 2.24) is 4.90 Å². The van der Waals surface area contributed by atoms with Gasteiger partial charge in [0, 0.05) is 16.7 Å². The fraction of sp³-hybridized carbons (Fsp3) is 0.375. The van der Waals surface area contributed by atoms with Gasteiger partial charge in [-0.05, 0) is 55.9 Å². The summed E-state index contributed by atoms with van der Waals surface area (Å²) >= 11 is 1.55. The van der Waals surface area contributed by atoms with Gasteiger partial charge in [-0.1, -0.05) is 42.5 Å². The molecule has 2 amide bonds. The number of aliphatic carboxylic acids is 1. The molecule has 1 N–H and O–H groups in total. The van der Waals surface area contributed by atoms with Gasteiger partial charge < -0.3 is 9.84 Å². The predicted octanol–water partition coefficient (Wildman–Crippen LogP) is 4.68. The molecule has 1 saturated heterocycles. The average molecular weight is 440 g/mol. The fourth-order valence-electron chi connectivity index (χ4n) is 4.39. The molecule has 0 radical (unpaired) electrons. The molecule has 7 heteroatoms. The van der Waals surface area contributed by atoms with Gasteiger partial charge in [0.05, 0.1) is 5.92 Å². The molecule has 1 heterocycles. The number of cyclic esters (lactones) is 1. The number of thioether (sulfide) groups is 1. The van der Waals surface area contributed by atoms with Gasteiger partial charge in [-0.2, -0.15) is 0 Å². The van der Waals surface area contributed by atoms with Crippen molar-refractivity contribution in [2.45, 2.75) is 42.4 Å². The molecule has 2 fully saturated rings. The smallest absolute Gasteiger partial charge is 0.417 e. The number of nitrogens with zero attached hydrogens (tertiary/aromatic N) is 1. The molecule has 162 valence electrons. The average Bonchev–Trinajstić information content (AvgIpc) is 3.22. The molecule has 2 aromatic rings. The first kappa shape index (κ1) is 21.4. The van der Waals surface area contributed by atoms with Crippen molar-refractivity contribution in [1.29, 1.82) is 0 Å². The molecule has 31 heavy (non-hydrogen) atoms. The van der Waals surface area contributed by atoms with Crippen LogP contribution >= 0.6 is 11.8 Å². The molecule has 0 aromatic heterocycles. The largest absolute Gasteiger partial charge is 0.481 e. The number of ether oxygens (including phenoxy) is 1. The van der Waals surface area contributed by atoms with Gasteiger partial charge in [0.2, 0.25) is 0 Å². The highest BCUT2D eigenvalue weighted by Gasteiger charge is 2.50. The lowest BCUT2D eigenvalue weighted by molar-refractivity contribution is -0.143. The lowest BCUT2D eigenvalue weighted by atomic mass is 9.95. The second-order valence-corrected chi connectivity index (χ2v) is 9.85. The zero-order valence-corrected chi connectivity index (χ0v) is 18.3. The van der Waals surface area contributed by atoms with Gasteiger partial charge in [-0.25, -0.2) is 9.69 Å². The minimum absolute atomic E-state index is 0.0854. The highest BCUT2D eigenvalue weighted by atomic mass is 32.2. The van der Waals surface area contributed by atoms with Gasteiger partial charge in [-0.15, -0.1) is 11.8 Å². The van der Waals surface area contributed by atoms with Crippen LogP contribution in [0.15, 0.2) is 59.5 Å². The van der Waals surface area contributed by atoms with Crippen LogP contribution in [0.25, 0.3) is 11.1 Å². The van der Waals surface area contributed by atoms with E-state index in [0.29, 0.717) is 12.8 Å². The van der Waals surface area contributed by atoms with E-state index < -0.39 is 29.5 Å². The number of carbonyl (C=O) groups is 3. The number of carboxylic acids is 1. The Bertz CT molecular complexity index is 989. The fourth-order valence-corrected chi connectivity index (χ4v) is 5.77. The van der Waals surface area contributed by atoms with Crippen LogP contribution in [0.4, 0.5) is 4.79 Å². The van der Waals surface area contributed by atoms with Crippen molar-refractivity contribution < 1.29 is 24.2 Å². The summed E-state index contributed by atoms with van der Waals surface area (Å²) in [7, 11) is 0. The zero-order valence-electron chi connectivity index (χ0n) is 17.5. The molecule has 1 saturated carbocycles. The minimum atomic E-state index is -1.19. The lowest BCUT2D eigenvalue weighted by Gasteiger charge is -2.23. The molecule has 2 aromatic carbocycles. The summed E-state index contributed by atoms with van der Waals surface area (Å²) < 4.78 is 5.13. The van der Waals surface area contributed by atoms with Crippen LogP contribution in [0.1, 0.15) is 26.7 Å². The van der Waals surface area contributed by atoms with Crippen molar-refractivity contribution >= 4 is 29.7 Å². The first-order valence-electron chi connectivity index (χ1n) is 10.4. The third kappa shape index (κ3) is 4.32. The standard InChI is InChI=1S/C24H25NO5S/c1-24(2)22(28)25(23(29)30-24)14-17-10-13-19(20(17)21(26)27)31-18-11-8-16(9-12-18)15-6-4-3-5-7-15/h3-9,11-12,17,19-20H,10,13-14H2,1-2H3,(H,26,27). The van der Waals surface area contributed by atoms with E-state index in [1.807, 2.05) is 42.5 Å². The van der Waals surface area contributed by atoms with Crippen LogP contribution < -0.4 is 0 Å². The third-order valence-electron chi connectivity index (χ3n) is 6.00.